The molecule has 6 heteroatoms. The molecule has 0 spiro atoms. The fourth-order valence-corrected chi connectivity index (χ4v) is 2.76. The van der Waals surface area contributed by atoms with Crippen LogP contribution in [0.4, 0.5) is 0 Å². The van der Waals surface area contributed by atoms with E-state index >= 15 is 0 Å². The summed E-state index contributed by atoms with van der Waals surface area (Å²) in [4.78, 5) is 23.1. The minimum absolute atomic E-state index is 0.388. The molecule has 0 saturated heterocycles. The Hall–Kier alpha value is -2.70. The minimum Gasteiger partial charge on any atom is -0.463 e. The molecule has 29 heavy (non-hydrogen) atoms. The molecule has 1 aromatic rings. The summed E-state index contributed by atoms with van der Waals surface area (Å²) in [5, 5.41) is 0. The van der Waals surface area contributed by atoms with Crippen LogP contribution in [0.25, 0.3) is 0 Å². The van der Waals surface area contributed by atoms with Gasteiger partial charge in [-0.1, -0.05) is 31.2 Å². The number of unbranched alkanes of at least 4 members (excludes halogenated alkanes) is 3. The summed E-state index contributed by atoms with van der Waals surface area (Å²) in [6.07, 6.45) is 10.5. The van der Waals surface area contributed by atoms with Gasteiger partial charge in [0.15, 0.2) is 5.79 Å². The molecule has 2 rings (SSSR count). The van der Waals surface area contributed by atoms with Gasteiger partial charge < -0.3 is 18.9 Å². The highest BCUT2D eigenvalue weighted by Crippen LogP contribution is 2.27. The zero-order valence-corrected chi connectivity index (χ0v) is 16.8. The van der Waals surface area contributed by atoms with Gasteiger partial charge in [-0.3, -0.25) is 0 Å². The molecular formula is C23H28O6. The third-order valence-corrected chi connectivity index (χ3v) is 4.45. The molecule has 0 heterocycles. The van der Waals surface area contributed by atoms with Gasteiger partial charge in [0, 0.05) is 19.6 Å². The van der Waals surface area contributed by atoms with Crippen molar-refractivity contribution in [3.63, 3.8) is 0 Å². The average Bonchev–Trinajstić information content (AvgIpc) is 2.77. The van der Waals surface area contributed by atoms with Gasteiger partial charge in [-0.25, -0.2) is 9.59 Å². The van der Waals surface area contributed by atoms with Crippen LogP contribution >= 0.6 is 0 Å². The van der Waals surface area contributed by atoms with E-state index in [1.54, 1.807) is 49.6 Å². The maximum absolute atomic E-state index is 12.1. The lowest BCUT2D eigenvalue weighted by Crippen LogP contribution is -2.34. The number of benzene rings is 1. The van der Waals surface area contributed by atoms with Crippen molar-refractivity contribution in [1.29, 1.82) is 0 Å². The van der Waals surface area contributed by atoms with Crippen LogP contribution in [0.2, 0.25) is 0 Å². The van der Waals surface area contributed by atoms with E-state index in [4.69, 9.17) is 18.9 Å². The molecule has 1 atom stereocenters. The Bertz CT molecular complexity index is 737. The second kappa shape index (κ2) is 12.0. The zero-order valence-electron chi connectivity index (χ0n) is 16.8. The molecule has 1 aromatic carbocycles. The van der Waals surface area contributed by atoms with E-state index in [9.17, 15) is 9.59 Å². The fraction of sp³-hybridized carbons (Fsp3) is 0.391. The molecule has 1 unspecified atom stereocenters. The number of hydrogen-bond acceptors (Lipinski definition) is 6. The molecule has 0 aliphatic heterocycles. The summed E-state index contributed by atoms with van der Waals surface area (Å²) in [6.45, 7) is 4.30. The molecule has 6 nitrogen and oxygen atoms in total. The lowest BCUT2D eigenvalue weighted by Gasteiger charge is -2.30. The Kier molecular flexibility index (Phi) is 9.34. The summed E-state index contributed by atoms with van der Waals surface area (Å²) in [6, 6.07) is 8.85. The van der Waals surface area contributed by atoms with E-state index < -0.39 is 11.8 Å². The third-order valence-electron chi connectivity index (χ3n) is 4.45. The van der Waals surface area contributed by atoms with Crippen LogP contribution in [0.15, 0.2) is 67.0 Å². The van der Waals surface area contributed by atoms with Crippen LogP contribution in [0.5, 0.6) is 0 Å². The van der Waals surface area contributed by atoms with Crippen molar-refractivity contribution in [2.75, 3.05) is 20.3 Å². The number of methoxy groups -OCH3 is 1. The van der Waals surface area contributed by atoms with Crippen LogP contribution in [-0.2, 0) is 23.7 Å². The highest BCUT2D eigenvalue weighted by atomic mass is 16.7. The second-order valence-electron chi connectivity index (χ2n) is 6.55. The Morgan fingerprint density at radius 3 is 2.45 bits per heavy atom. The van der Waals surface area contributed by atoms with Crippen molar-refractivity contribution in [3.05, 3.63) is 72.5 Å². The Labute approximate surface area is 171 Å². The maximum Gasteiger partial charge on any atom is 0.343 e. The Morgan fingerprint density at radius 1 is 1.10 bits per heavy atom. The van der Waals surface area contributed by atoms with Crippen LogP contribution in [0.3, 0.4) is 0 Å². The fourth-order valence-electron chi connectivity index (χ4n) is 2.76. The quantitative estimate of drug-likeness (QED) is 0.225. The van der Waals surface area contributed by atoms with Gasteiger partial charge in [0.05, 0.1) is 18.8 Å². The number of carbonyl (C=O) groups is 2. The molecule has 156 valence electrons. The van der Waals surface area contributed by atoms with Crippen molar-refractivity contribution >= 4 is 11.9 Å². The largest absolute Gasteiger partial charge is 0.463 e. The molecule has 0 bridgehead atoms. The average molecular weight is 400 g/mol. The van der Waals surface area contributed by atoms with Crippen molar-refractivity contribution in [2.24, 2.45) is 0 Å². The van der Waals surface area contributed by atoms with Gasteiger partial charge in [0.1, 0.15) is 5.76 Å². The Balaban J connectivity index is 1.68. The summed E-state index contributed by atoms with van der Waals surface area (Å²) >= 11 is 0. The highest BCUT2D eigenvalue weighted by molar-refractivity contribution is 5.90. The van der Waals surface area contributed by atoms with E-state index in [2.05, 4.69) is 6.58 Å². The molecule has 0 radical (unpaired) electrons. The normalized spacial score (nSPS) is 18.0. The molecule has 1 aliphatic rings. The van der Waals surface area contributed by atoms with Crippen molar-refractivity contribution in [1.82, 2.24) is 0 Å². The lowest BCUT2D eigenvalue weighted by molar-refractivity contribution is -0.187. The number of ether oxygens (including phenoxy) is 4. The van der Waals surface area contributed by atoms with E-state index in [1.807, 2.05) is 6.07 Å². The molecule has 0 saturated carbocycles. The smallest absolute Gasteiger partial charge is 0.343 e. The monoisotopic (exact) mass is 400 g/mol. The van der Waals surface area contributed by atoms with Crippen LogP contribution in [-0.4, -0.2) is 38.0 Å². The molecule has 1 aliphatic carbocycles. The van der Waals surface area contributed by atoms with Gasteiger partial charge in [-0.05, 0) is 49.6 Å². The first-order chi connectivity index (χ1) is 14.1. The Morgan fingerprint density at radius 2 is 1.83 bits per heavy atom. The molecule has 0 aromatic heterocycles. The van der Waals surface area contributed by atoms with E-state index in [-0.39, 0.29) is 5.97 Å². The zero-order chi connectivity index (χ0) is 21.0. The van der Waals surface area contributed by atoms with Gasteiger partial charge in [0.25, 0.3) is 0 Å². The first-order valence-corrected chi connectivity index (χ1v) is 9.73. The number of carbonyl (C=O) groups excluding carboxylic acids is 2. The van der Waals surface area contributed by atoms with Gasteiger partial charge in [-0.2, -0.15) is 0 Å². The van der Waals surface area contributed by atoms with Crippen LogP contribution in [0, 0.1) is 0 Å². The van der Waals surface area contributed by atoms with Crippen molar-refractivity contribution < 1.29 is 28.5 Å². The van der Waals surface area contributed by atoms with Crippen LogP contribution in [0.1, 0.15) is 42.5 Å². The minimum atomic E-state index is -0.845. The number of allylic oxidation sites excluding steroid dienone is 1. The van der Waals surface area contributed by atoms with E-state index in [0.717, 1.165) is 31.8 Å². The summed E-state index contributed by atoms with van der Waals surface area (Å²) in [7, 11) is 1.59. The predicted octanol–water partition coefficient (Wildman–Crippen LogP) is 4.34. The molecule has 0 fully saturated rings. The predicted molar refractivity (Wildman–Crippen MR) is 109 cm³/mol. The topological polar surface area (TPSA) is 71.1 Å². The summed E-state index contributed by atoms with van der Waals surface area (Å²) in [5.74, 6) is -1.15. The molecular weight excluding hydrogens is 372 g/mol. The SMILES string of the molecule is C=CC(=O)OCCCCCCOC1(OC)C=CC(OC(=O)c2ccccc2)=CC1. The first kappa shape index (κ1) is 22.6. The van der Waals surface area contributed by atoms with Gasteiger partial charge in [0.2, 0.25) is 0 Å². The van der Waals surface area contributed by atoms with Gasteiger partial charge >= 0.3 is 11.9 Å². The maximum atomic E-state index is 12.1. The second-order valence-corrected chi connectivity index (χ2v) is 6.55. The number of hydrogen-bond donors (Lipinski definition) is 0. The molecule has 0 N–H and O–H groups in total. The van der Waals surface area contributed by atoms with E-state index in [1.165, 1.54) is 0 Å². The number of esters is 2. The third kappa shape index (κ3) is 7.68. The van der Waals surface area contributed by atoms with Crippen molar-refractivity contribution in [2.45, 2.75) is 37.9 Å². The summed E-state index contributed by atoms with van der Waals surface area (Å²) in [5.41, 5.74) is 0.501. The van der Waals surface area contributed by atoms with E-state index in [0.29, 0.717) is 31.0 Å². The first-order valence-electron chi connectivity index (χ1n) is 9.73. The highest BCUT2D eigenvalue weighted by Gasteiger charge is 2.29. The summed E-state index contributed by atoms with van der Waals surface area (Å²) < 4.78 is 21.8. The molecule has 0 amide bonds. The standard InChI is InChI=1S/C23H28O6/c1-3-21(24)27-17-9-4-5-10-18-28-23(26-2)15-13-20(14-16-23)29-22(25)19-11-7-6-8-12-19/h3,6-8,11-15H,1,4-5,9-10,16-18H2,2H3. The number of rotatable bonds is 12. The van der Waals surface area contributed by atoms with Crippen molar-refractivity contribution in [3.8, 4) is 0 Å². The van der Waals surface area contributed by atoms with Gasteiger partial charge in [-0.15, -0.1) is 0 Å². The lowest BCUT2D eigenvalue weighted by atomic mass is 10.1. The van der Waals surface area contributed by atoms with Crippen LogP contribution < -0.4 is 0 Å².